The summed E-state index contributed by atoms with van der Waals surface area (Å²) >= 11 is 0. The molecule has 2 aromatic rings. The molecule has 5 rings (SSSR count). The van der Waals surface area contributed by atoms with Crippen LogP contribution in [-0.2, 0) is 19.1 Å². The molecule has 232 valence electrons. The van der Waals surface area contributed by atoms with Crippen LogP contribution in [0.3, 0.4) is 0 Å². The van der Waals surface area contributed by atoms with Crippen LogP contribution < -0.4 is 10.6 Å². The van der Waals surface area contributed by atoms with E-state index in [2.05, 4.69) is 20.8 Å². The van der Waals surface area contributed by atoms with E-state index >= 15 is 0 Å². The Bertz CT molecular complexity index is 1420. The normalized spacial score (nSPS) is 29.1. The number of aromatic nitrogens is 3. The first-order valence-corrected chi connectivity index (χ1v) is 15.1. The lowest BCUT2D eigenvalue weighted by atomic mass is 10.0. The smallest absolute Gasteiger partial charge is 0.408 e. The van der Waals surface area contributed by atoms with Gasteiger partial charge in [0.05, 0.1) is 6.04 Å². The van der Waals surface area contributed by atoms with Crippen LogP contribution in [0.2, 0.25) is 0 Å². The minimum atomic E-state index is -1.40. The average molecular weight is 595 g/mol. The maximum Gasteiger partial charge on any atom is 0.408 e. The summed E-state index contributed by atoms with van der Waals surface area (Å²) < 4.78 is 5.45. The zero-order chi connectivity index (χ0) is 31.1. The SMILES string of the molecule is Cc1cc2nn([C@H]3C[C@H]4C(=O)N[C@]5(C(=O)O)C[C@H]5/C=C\CCCCC[C@H](NC(=O)OC(C)(C)C)C(=O)N4C3)nc2cc1C. The maximum absolute atomic E-state index is 14.2. The number of allylic oxidation sites excluding steroid dienone is 1. The second-order valence-corrected chi connectivity index (χ2v) is 13.2. The fraction of sp³-hybridized carbons (Fsp3) is 0.613. The molecule has 12 nitrogen and oxygen atoms in total. The van der Waals surface area contributed by atoms with E-state index in [-0.39, 0.29) is 18.9 Å². The van der Waals surface area contributed by atoms with Crippen molar-refractivity contribution in [2.45, 2.75) is 109 Å². The summed E-state index contributed by atoms with van der Waals surface area (Å²) in [7, 11) is 0. The average Bonchev–Trinajstić information content (AvgIpc) is 3.23. The first-order valence-electron chi connectivity index (χ1n) is 15.1. The highest BCUT2D eigenvalue weighted by molar-refractivity contribution is 5.96. The molecule has 1 aliphatic carbocycles. The molecule has 43 heavy (non-hydrogen) atoms. The lowest BCUT2D eigenvalue weighted by molar-refractivity contribution is -0.145. The van der Waals surface area contributed by atoms with E-state index in [9.17, 15) is 24.3 Å². The lowest BCUT2D eigenvalue weighted by Gasteiger charge is -2.30. The molecule has 3 aliphatic rings. The number of carbonyl (C=O) groups is 4. The molecule has 12 heteroatoms. The summed E-state index contributed by atoms with van der Waals surface area (Å²) in [5.41, 5.74) is 1.43. The molecule has 1 aromatic carbocycles. The van der Waals surface area contributed by atoms with Crippen molar-refractivity contribution in [1.29, 1.82) is 0 Å². The lowest BCUT2D eigenvalue weighted by Crippen LogP contribution is -2.56. The van der Waals surface area contributed by atoms with Crippen LogP contribution in [0.15, 0.2) is 24.3 Å². The predicted octanol–water partition coefficient (Wildman–Crippen LogP) is 3.56. The summed E-state index contributed by atoms with van der Waals surface area (Å²) in [5.74, 6) is -2.36. The Labute approximate surface area is 251 Å². The van der Waals surface area contributed by atoms with E-state index in [0.29, 0.717) is 30.3 Å². The highest BCUT2D eigenvalue weighted by Gasteiger charge is 2.61. The number of nitrogens with zero attached hydrogens (tertiary/aromatic N) is 4. The number of aliphatic carboxylic acids is 1. The van der Waals surface area contributed by atoms with Gasteiger partial charge in [-0.15, -0.1) is 0 Å². The molecule has 3 amide bonds. The van der Waals surface area contributed by atoms with Crippen LogP contribution in [0.25, 0.3) is 11.0 Å². The van der Waals surface area contributed by atoms with E-state index in [1.165, 1.54) is 4.90 Å². The van der Waals surface area contributed by atoms with Gasteiger partial charge in [0.15, 0.2) is 0 Å². The monoisotopic (exact) mass is 594 g/mol. The van der Waals surface area contributed by atoms with E-state index < -0.39 is 53.1 Å². The first-order chi connectivity index (χ1) is 20.3. The summed E-state index contributed by atoms with van der Waals surface area (Å²) in [6.07, 6.45) is 7.14. The maximum atomic E-state index is 14.2. The summed E-state index contributed by atoms with van der Waals surface area (Å²) in [5, 5.41) is 24.9. The fourth-order valence-corrected chi connectivity index (χ4v) is 6.05. The van der Waals surface area contributed by atoms with Crippen molar-refractivity contribution < 1.29 is 29.0 Å². The van der Waals surface area contributed by atoms with Crippen LogP contribution in [0, 0.1) is 19.8 Å². The van der Waals surface area contributed by atoms with Crippen molar-refractivity contribution >= 4 is 34.9 Å². The molecule has 3 N–H and O–H groups in total. The Morgan fingerprint density at radius 3 is 2.40 bits per heavy atom. The predicted molar refractivity (Wildman–Crippen MR) is 158 cm³/mol. The molecular weight excluding hydrogens is 552 g/mol. The standard InChI is InChI=1S/C31H42N6O6/c1-18-13-23-24(14-19(18)2)35-37(34-23)21-15-25-26(38)33-31(28(40)41)16-20(31)11-9-7-6-8-10-12-22(27(39)36(25)17-21)32-29(42)43-30(3,4)5/h9,11,13-14,20-22,25H,6-8,10,12,15-17H2,1-5H3,(H,32,42)(H,33,38)(H,40,41)/b11-9-/t20-,21+,22+,25+,31-/m1/s1. The van der Waals surface area contributed by atoms with Gasteiger partial charge in [0.2, 0.25) is 11.8 Å². The van der Waals surface area contributed by atoms with E-state index in [1.807, 2.05) is 38.1 Å². The number of aryl methyl sites for hydroxylation is 2. The minimum absolute atomic E-state index is 0.131. The Balaban J connectivity index is 1.47. The first kappa shape index (κ1) is 30.5. The van der Waals surface area contributed by atoms with Crippen LogP contribution >= 0.6 is 0 Å². The van der Waals surface area contributed by atoms with E-state index in [1.54, 1.807) is 25.6 Å². The van der Waals surface area contributed by atoms with Gasteiger partial charge in [-0.25, -0.2) is 9.59 Å². The number of rotatable bonds is 3. The molecule has 0 spiro atoms. The van der Waals surface area contributed by atoms with Gasteiger partial charge < -0.3 is 25.4 Å². The number of ether oxygens (including phenoxy) is 1. The zero-order valence-electron chi connectivity index (χ0n) is 25.6. The topological polar surface area (TPSA) is 156 Å². The van der Waals surface area contributed by atoms with Crippen molar-refractivity contribution in [2.75, 3.05) is 6.54 Å². The number of carboxylic acid groups (broad SMARTS) is 1. The largest absolute Gasteiger partial charge is 0.479 e. The number of alkyl carbamates (subject to hydrolysis) is 1. The van der Waals surface area contributed by atoms with Gasteiger partial charge in [0.1, 0.15) is 34.3 Å². The molecule has 1 saturated heterocycles. The van der Waals surface area contributed by atoms with Crippen molar-refractivity contribution in [1.82, 2.24) is 30.5 Å². The van der Waals surface area contributed by atoms with Gasteiger partial charge in [0, 0.05) is 18.9 Å². The number of hydrogen-bond acceptors (Lipinski definition) is 7. The summed E-state index contributed by atoms with van der Waals surface area (Å²) in [6, 6.07) is 1.60. The molecule has 0 unspecified atom stereocenters. The molecule has 5 atom stereocenters. The Morgan fingerprint density at radius 2 is 1.77 bits per heavy atom. The molecule has 2 fully saturated rings. The van der Waals surface area contributed by atoms with Gasteiger partial charge in [-0.3, -0.25) is 9.59 Å². The summed E-state index contributed by atoms with van der Waals surface area (Å²) in [4.78, 5) is 56.1. The van der Waals surface area contributed by atoms with Gasteiger partial charge in [0.25, 0.3) is 0 Å². The van der Waals surface area contributed by atoms with Crippen molar-refractivity contribution in [2.24, 2.45) is 5.92 Å². The van der Waals surface area contributed by atoms with Gasteiger partial charge >= 0.3 is 12.1 Å². The third-order valence-corrected chi connectivity index (χ3v) is 8.67. The van der Waals surface area contributed by atoms with Gasteiger partial charge in [-0.05, 0) is 83.6 Å². The number of nitrogens with one attached hydrogen (secondary N) is 2. The van der Waals surface area contributed by atoms with Crippen LogP contribution in [0.1, 0.15) is 82.9 Å². The van der Waals surface area contributed by atoms with Crippen molar-refractivity contribution in [3.8, 4) is 0 Å². The van der Waals surface area contributed by atoms with Crippen molar-refractivity contribution in [3.63, 3.8) is 0 Å². The van der Waals surface area contributed by atoms with E-state index in [4.69, 9.17) is 4.74 Å². The fourth-order valence-electron chi connectivity index (χ4n) is 6.05. The van der Waals surface area contributed by atoms with Crippen LogP contribution in [0.4, 0.5) is 4.79 Å². The Hall–Kier alpha value is -3.96. The molecule has 0 bridgehead atoms. The number of benzene rings is 1. The molecule has 1 aromatic heterocycles. The van der Waals surface area contributed by atoms with E-state index in [0.717, 1.165) is 30.4 Å². The molecule has 0 radical (unpaired) electrons. The third kappa shape index (κ3) is 6.52. The molecular formula is C31H42N6O6. The number of amides is 3. The second kappa shape index (κ2) is 11.6. The van der Waals surface area contributed by atoms with Gasteiger partial charge in [-0.2, -0.15) is 15.0 Å². The summed E-state index contributed by atoms with van der Waals surface area (Å²) in [6.45, 7) is 9.37. The number of carbonyl (C=O) groups excluding carboxylic acids is 3. The van der Waals surface area contributed by atoms with Gasteiger partial charge in [-0.1, -0.05) is 25.0 Å². The number of fused-ring (bicyclic) bond motifs is 3. The molecule has 1 saturated carbocycles. The Kier molecular flexibility index (Phi) is 8.24. The van der Waals surface area contributed by atoms with Crippen molar-refractivity contribution in [3.05, 3.63) is 35.4 Å². The highest BCUT2D eigenvalue weighted by Crippen LogP contribution is 2.45. The van der Waals surface area contributed by atoms with Crippen LogP contribution in [0.5, 0.6) is 0 Å². The third-order valence-electron chi connectivity index (χ3n) is 8.67. The number of hydrogen-bond donors (Lipinski definition) is 3. The second-order valence-electron chi connectivity index (χ2n) is 13.2. The Morgan fingerprint density at radius 1 is 1.09 bits per heavy atom. The van der Waals surface area contributed by atoms with Crippen LogP contribution in [-0.4, -0.2) is 78.6 Å². The number of carboxylic acids is 1. The zero-order valence-corrected chi connectivity index (χ0v) is 25.6. The quantitative estimate of drug-likeness (QED) is 0.456. The minimum Gasteiger partial charge on any atom is -0.479 e. The highest BCUT2D eigenvalue weighted by atomic mass is 16.6. The molecule has 2 aliphatic heterocycles. The molecule has 3 heterocycles.